The van der Waals surface area contributed by atoms with Crippen LogP contribution in [0.15, 0.2) is 35.7 Å². The maximum atomic E-state index is 12.2. The summed E-state index contributed by atoms with van der Waals surface area (Å²) in [4.78, 5) is 24.2. The minimum atomic E-state index is -0.451. The second-order valence-electron chi connectivity index (χ2n) is 8.00. The van der Waals surface area contributed by atoms with Gasteiger partial charge in [-0.3, -0.25) is 4.84 Å². The fraction of sp³-hybridized carbons (Fsp3) is 0.524. The molecule has 2 heterocycles. The standard InChI is InChI=1S/C21H29N3O3S/c1-21(2,3)27-20(25)24-11-9-17(10-12-24)18-15-28-19(23-18)13-22-26-14-16-7-5-4-6-8-16/h4-8,15,17,22H,9-14H2,1-3H3. The summed E-state index contributed by atoms with van der Waals surface area (Å²) < 4.78 is 5.46. The van der Waals surface area contributed by atoms with Gasteiger partial charge in [0, 0.05) is 24.4 Å². The van der Waals surface area contributed by atoms with Crippen LogP contribution in [0.2, 0.25) is 0 Å². The quantitative estimate of drug-likeness (QED) is 0.569. The Bertz CT molecular complexity index is 750. The highest BCUT2D eigenvalue weighted by molar-refractivity contribution is 7.09. The summed E-state index contributed by atoms with van der Waals surface area (Å²) in [5.41, 5.74) is 4.79. The van der Waals surface area contributed by atoms with Crippen molar-refractivity contribution in [3.8, 4) is 0 Å². The molecule has 1 aromatic carbocycles. The van der Waals surface area contributed by atoms with E-state index in [1.165, 1.54) is 0 Å². The van der Waals surface area contributed by atoms with Crippen molar-refractivity contribution in [1.82, 2.24) is 15.4 Å². The van der Waals surface area contributed by atoms with Crippen molar-refractivity contribution < 1.29 is 14.4 Å². The highest BCUT2D eigenvalue weighted by Crippen LogP contribution is 2.29. The molecule has 1 aromatic heterocycles. The zero-order valence-corrected chi connectivity index (χ0v) is 17.6. The molecule has 1 fully saturated rings. The zero-order valence-electron chi connectivity index (χ0n) is 16.8. The number of amides is 1. The van der Waals surface area contributed by atoms with Gasteiger partial charge >= 0.3 is 6.09 Å². The number of nitrogens with one attached hydrogen (secondary N) is 1. The van der Waals surface area contributed by atoms with Gasteiger partial charge in [-0.05, 0) is 39.2 Å². The lowest BCUT2D eigenvalue weighted by Crippen LogP contribution is -2.41. The summed E-state index contributed by atoms with van der Waals surface area (Å²) >= 11 is 1.65. The number of rotatable bonds is 6. The van der Waals surface area contributed by atoms with E-state index in [4.69, 9.17) is 14.6 Å². The summed E-state index contributed by atoms with van der Waals surface area (Å²) in [6.07, 6.45) is 1.62. The van der Waals surface area contributed by atoms with Crippen LogP contribution in [0.1, 0.15) is 55.8 Å². The van der Waals surface area contributed by atoms with Gasteiger partial charge in [0.25, 0.3) is 0 Å². The average molecular weight is 404 g/mol. The van der Waals surface area contributed by atoms with Crippen molar-refractivity contribution in [1.29, 1.82) is 0 Å². The monoisotopic (exact) mass is 403 g/mol. The smallest absolute Gasteiger partial charge is 0.410 e. The number of piperidine rings is 1. The van der Waals surface area contributed by atoms with Gasteiger partial charge in [-0.2, -0.15) is 5.48 Å². The molecule has 1 aliphatic heterocycles. The van der Waals surface area contributed by atoms with Crippen LogP contribution in [-0.4, -0.2) is 34.7 Å². The molecule has 0 saturated carbocycles. The molecule has 0 spiro atoms. The first-order chi connectivity index (χ1) is 13.4. The molecule has 2 aromatic rings. The number of benzene rings is 1. The lowest BCUT2D eigenvalue weighted by molar-refractivity contribution is 0.0202. The van der Waals surface area contributed by atoms with Gasteiger partial charge in [-0.1, -0.05) is 30.3 Å². The van der Waals surface area contributed by atoms with E-state index in [9.17, 15) is 4.79 Å². The molecule has 0 unspecified atom stereocenters. The van der Waals surface area contributed by atoms with Gasteiger partial charge in [0.1, 0.15) is 10.6 Å². The van der Waals surface area contributed by atoms with E-state index in [1.54, 1.807) is 16.2 Å². The van der Waals surface area contributed by atoms with Gasteiger partial charge in [-0.15, -0.1) is 11.3 Å². The molecule has 1 amide bonds. The highest BCUT2D eigenvalue weighted by Gasteiger charge is 2.28. The summed E-state index contributed by atoms with van der Waals surface area (Å²) in [7, 11) is 0. The number of hydrogen-bond acceptors (Lipinski definition) is 6. The number of aromatic nitrogens is 1. The van der Waals surface area contributed by atoms with Crippen LogP contribution in [0.3, 0.4) is 0 Å². The molecule has 152 valence electrons. The minimum Gasteiger partial charge on any atom is -0.444 e. The molecule has 6 nitrogen and oxygen atoms in total. The molecule has 0 atom stereocenters. The molecule has 0 bridgehead atoms. The number of carbonyl (C=O) groups is 1. The number of hydroxylamine groups is 1. The van der Waals surface area contributed by atoms with E-state index in [-0.39, 0.29) is 6.09 Å². The number of thiazole rings is 1. The Kier molecular flexibility index (Phi) is 7.04. The lowest BCUT2D eigenvalue weighted by Gasteiger charge is -2.32. The molecule has 1 N–H and O–H groups in total. The van der Waals surface area contributed by atoms with Crippen molar-refractivity contribution in [3.63, 3.8) is 0 Å². The summed E-state index contributed by atoms with van der Waals surface area (Å²) in [6.45, 7) is 8.23. The third-order valence-corrected chi connectivity index (χ3v) is 5.41. The van der Waals surface area contributed by atoms with Gasteiger partial charge in [-0.25, -0.2) is 9.78 Å². The van der Waals surface area contributed by atoms with Crippen LogP contribution < -0.4 is 5.48 Å². The van der Waals surface area contributed by atoms with Crippen molar-refractivity contribution >= 4 is 17.4 Å². The summed E-state index contributed by atoms with van der Waals surface area (Å²) in [5, 5.41) is 3.14. The maximum absolute atomic E-state index is 12.2. The zero-order chi connectivity index (χ0) is 20.0. The van der Waals surface area contributed by atoms with E-state index in [0.29, 0.717) is 32.2 Å². The Hall–Kier alpha value is -1.96. The highest BCUT2D eigenvalue weighted by atomic mass is 32.1. The number of hydrogen-bond donors (Lipinski definition) is 1. The predicted molar refractivity (Wildman–Crippen MR) is 110 cm³/mol. The molecular weight excluding hydrogens is 374 g/mol. The van der Waals surface area contributed by atoms with Gasteiger partial charge in [0.2, 0.25) is 0 Å². The Morgan fingerprint density at radius 2 is 1.96 bits per heavy atom. The molecule has 0 radical (unpaired) electrons. The number of carbonyl (C=O) groups excluding carboxylic acids is 1. The minimum absolute atomic E-state index is 0.218. The topological polar surface area (TPSA) is 63.7 Å². The predicted octanol–water partition coefficient (Wildman–Crippen LogP) is 4.48. The second-order valence-corrected chi connectivity index (χ2v) is 8.95. The van der Waals surface area contributed by atoms with E-state index < -0.39 is 5.60 Å². The first-order valence-electron chi connectivity index (χ1n) is 9.71. The Morgan fingerprint density at radius 1 is 1.25 bits per heavy atom. The van der Waals surface area contributed by atoms with E-state index in [1.807, 2.05) is 51.1 Å². The first-order valence-corrected chi connectivity index (χ1v) is 10.6. The largest absolute Gasteiger partial charge is 0.444 e. The molecule has 0 aliphatic carbocycles. The molecule has 1 aliphatic rings. The van der Waals surface area contributed by atoms with Gasteiger partial charge < -0.3 is 9.64 Å². The Labute approximate surface area is 170 Å². The lowest BCUT2D eigenvalue weighted by atomic mass is 9.94. The van der Waals surface area contributed by atoms with Gasteiger partial charge in [0.15, 0.2) is 0 Å². The molecule has 7 heteroatoms. The fourth-order valence-corrected chi connectivity index (χ4v) is 3.90. The summed E-state index contributed by atoms with van der Waals surface area (Å²) in [5.74, 6) is 0.397. The fourth-order valence-electron chi connectivity index (χ4n) is 3.10. The van der Waals surface area contributed by atoms with Crippen LogP contribution in [-0.2, 0) is 22.7 Å². The number of nitrogens with zero attached hydrogens (tertiary/aromatic N) is 2. The van der Waals surface area contributed by atoms with Crippen LogP contribution in [0.4, 0.5) is 4.79 Å². The van der Waals surface area contributed by atoms with Crippen LogP contribution in [0.5, 0.6) is 0 Å². The first kappa shape index (κ1) is 20.8. The Morgan fingerprint density at radius 3 is 2.64 bits per heavy atom. The van der Waals surface area contributed by atoms with Crippen LogP contribution in [0.25, 0.3) is 0 Å². The van der Waals surface area contributed by atoms with Crippen molar-refractivity contribution in [2.45, 2.75) is 58.3 Å². The number of ether oxygens (including phenoxy) is 1. The number of likely N-dealkylation sites (tertiary alicyclic amines) is 1. The maximum Gasteiger partial charge on any atom is 0.410 e. The van der Waals surface area contributed by atoms with E-state index in [2.05, 4.69) is 10.9 Å². The van der Waals surface area contributed by atoms with Crippen molar-refractivity contribution in [2.24, 2.45) is 0 Å². The third kappa shape index (κ3) is 6.29. The van der Waals surface area contributed by atoms with Gasteiger partial charge in [0.05, 0.1) is 18.8 Å². The average Bonchev–Trinajstić information content (AvgIpc) is 3.14. The second kappa shape index (κ2) is 9.49. The van der Waals surface area contributed by atoms with Crippen LogP contribution in [0, 0.1) is 0 Å². The molecule has 1 saturated heterocycles. The van der Waals surface area contributed by atoms with Crippen molar-refractivity contribution in [3.05, 3.63) is 52.0 Å². The molecule has 28 heavy (non-hydrogen) atoms. The third-order valence-electron chi connectivity index (χ3n) is 4.54. The van der Waals surface area contributed by atoms with Crippen molar-refractivity contribution in [2.75, 3.05) is 13.1 Å². The van der Waals surface area contributed by atoms with Crippen LogP contribution >= 0.6 is 11.3 Å². The molecule has 3 rings (SSSR count). The molecular formula is C21H29N3O3S. The van der Waals surface area contributed by atoms with E-state index in [0.717, 1.165) is 29.1 Å². The summed E-state index contributed by atoms with van der Waals surface area (Å²) in [6, 6.07) is 10.1. The Balaban J connectivity index is 1.40. The normalized spacial score (nSPS) is 15.6. The SMILES string of the molecule is CC(C)(C)OC(=O)N1CCC(c2csc(CNOCc3ccccc3)n2)CC1. The van der Waals surface area contributed by atoms with E-state index >= 15 is 0 Å².